The van der Waals surface area contributed by atoms with E-state index in [1.54, 1.807) is 23.4 Å². The molecule has 2 aromatic rings. The molecule has 4 aliphatic rings. The Balaban J connectivity index is 1.39. The van der Waals surface area contributed by atoms with Crippen LogP contribution in [-0.2, 0) is 4.79 Å². The smallest absolute Gasteiger partial charge is 0.270 e. The fraction of sp³-hybridized carbons (Fsp3) is 0.571. The molecule has 2 bridgehead atoms. The van der Waals surface area contributed by atoms with E-state index in [4.69, 9.17) is 4.42 Å². The zero-order valence-corrected chi connectivity index (χ0v) is 16.9. The van der Waals surface area contributed by atoms with Crippen molar-refractivity contribution < 1.29 is 14.0 Å². The lowest BCUT2D eigenvalue weighted by molar-refractivity contribution is -0.120. The number of furan rings is 1. The van der Waals surface area contributed by atoms with E-state index in [-0.39, 0.29) is 17.9 Å². The SMILES string of the molecule is C[C@@H]1[C@H](NC(=O)c2cc3c(N4CCN(C)CC4=O)coc3cn2)C2CCN1CC2. The van der Waals surface area contributed by atoms with Crippen LogP contribution in [0.1, 0.15) is 30.3 Å². The molecule has 6 rings (SSSR count). The number of rotatable bonds is 3. The Kier molecular flexibility index (Phi) is 4.55. The highest BCUT2D eigenvalue weighted by atomic mass is 16.3. The third-order valence-electron chi connectivity index (χ3n) is 6.85. The Morgan fingerprint density at radius 3 is 2.76 bits per heavy atom. The van der Waals surface area contributed by atoms with E-state index in [0.29, 0.717) is 42.0 Å². The Labute approximate surface area is 169 Å². The van der Waals surface area contributed by atoms with Crippen LogP contribution in [0.15, 0.2) is 22.9 Å². The zero-order valence-electron chi connectivity index (χ0n) is 16.9. The van der Waals surface area contributed by atoms with Crippen LogP contribution < -0.4 is 10.2 Å². The molecular formula is C21H27N5O3. The summed E-state index contributed by atoms with van der Waals surface area (Å²) >= 11 is 0. The lowest BCUT2D eigenvalue weighted by Gasteiger charge is -2.49. The van der Waals surface area contributed by atoms with Crippen LogP contribution in [0.25, 0.3) is 11.0 Å². The third-order valence-corrected chi connectivity index (χ3v) is 6.85. The van der Waals surface area contributed by atoms with Gasteiger partial charge in [-0.1, -0.05) is 0 Å². The highest BCUT2D eigenvalue weighted by molar-refractivity contribution is 6.05. The fourth-order valence-electron chi connectivity index (χ4n) is 5.07. The molecule has 0 unspecified atom stereocenters. The van der Waals surface area contributed by atoms with Gasteiger partial charge in [-0.25, -0.2) is 4.98 Å². The standard InChI is InChI=1S/C21H27N5O3/c1-13-20(14-3-5-25(13)6-4-14)23-21(28)16-9-15-17(12-29-18(15)10-22-16)26-8-7-24(2)11-19(26)27/h9-10,12-14,20H,3-8,11H2,1-2H3,(H,23,28)/t13-,20+/m1/s1. The van der Waals surface area contributed by atoms with Crippen molar-refractivity contribution in [3.8, 4) is 0 Å². The molecule has 0 aliphatic carbocycles. The molecule has 0 saturated carbocycles. The minimum atomic E-state index is -0.158. The number of fused-ring (bicyclic) bond motifs is 4. The quantitative estimate of drug-likeness (QED) is 0.841. The van der Waals surface area contributed by atoms with Gasteiger partial charge in [0.05, 0.1) is 18.4 Å². The number of nitrogens with zero attached hydrogens (tertiary/aromatic N) is 4. The van der Waals surface area contributed by atoms with Crippen molar-refractivity contribution in [3.05, 3.63) is 24.2 Å². The van der Waals surface area contributed by atoms with Crippen LogP contribution in [0.4, 0.5) is 5.69 Å². The molecule has 154 valence electrons. The van der Waals surface area contributed by atoms with Gasteiger partial charge in [-0.05, 0) is 51.9 Å². The molecule has 4 saturated heterocycles. The number of hydrogen-bond acceptors (Lipinski definition) is 6. The maximum Gasteiger partial charge on any atom is 0.270 e. The minimum absolute atomic E-state index is 0.0327. The van der Waals surface area contributed by atoms with Gasteiger partial charge in [-0.15, -0.1) is 0 Å². The summed E-state index contributed by atoms with van der Waals surface area (Å²) in [5.74, 6) is 0.412. The molecular weight excluding hydrogens is 370 g/mol. The lowest BCUT2D eigenvalue weighted by Crippen LogP contribution is -2.62. The predicted octanol–water partition coefficient (Wildman–Crippen LogP) is 1.32. The van der Waals surface area contributed by atoms with Crippen molar-refractivity contribution in [2.75, 3.05) is 44.7 Å². The van der Waals surface area contributed by atoms with E-state index in [2.05, 4.69) is 22.1 Å². The highest BCUT2D eigenvalue weighted by Gasteiger charge is 2.40. The van der Waals surface area contributed by atoms with Gasteiger partial charge in [0.1, 0.15) is 12.0 Å². The minimum Gasteiger partial charge on any atom is -0.460 e. The number of amides is 2. The zero-order chi connectivity index (χ0) is 20.1. The van der Waals surface area contributed by atoms with Gasteiger partial charge in [-0.3, -0.25) is 19.4 Å². The van der Waals surface area contributed by atoms with E-state index in [1.807, 2.05) is 11.9 Å². The average molecular weight is 397 g/mol. The average Bonchev–Trinajstić information content (AvgIpc) is 3.14. The topological polar surface area (TPSA) is 81.9 Å². The monoisotopic (exact) mass is 397 g/mol. The molecule has 2 amide bonds. The number of anilines is 1. The van der Waals surface area contributed by atoms with Gasteiger partial charge >= 0.3 is 0 Å². The first-order valence-corrected chi connectivity index (χ1v) is 10.4. The Morgan fingerprint density at radius 1 is 1.24 bits per heavy atom. The number of piperidine rings is 3. The molecule has 4 fully saturated rings. The largest absolute Gasteiger partial charge is 0.460 e. The second kappa shape index (κ2) is 7.11. The van der Waals surface area contributed by atoms with E-state index < -0.39 is 0 Å². The van der Waals surface area contributed by atoms with E-state index in [9.17, 15) is 9.59 Å². The van der Waals surface area contributed by atoms with Crippen LogP contribution in [0.3, 0.4) is 0 Å². The number of likely N-dealkylation sites (N-methyl/N-ethyl adjacent to an activating group) is 1. The summed E-state index contributed by atoms with van der Waals surface area (Å²) in [5.41, 5.74) is 1.66. The molecule has 29 heavy (non-hydrogen) atoms. The fourth-order valence-corrected chi connectivity index (χ4v) is 5.07. The number of pyridine rings is 1. The van der Waals surface area contributed by atoms with E-state index in [1.165, 1.54) is 0 Å². The summed E-state index contributed by atoms with van der Waals surface area (Å²) in [6.07, 6.45) is 5.44. The highest BCUT2D eigenvalue weighted by Crippen LogP contribution is 2.33. The predicted molar refractivity (Wildman–Crippen MR) is 109 cm³/mol. The maximum absolute atomic E-state index is 13.0. The molecule has 4 aliphatic heterocycles. The van der Waals surface area contributed by atoms with Gasteiger partial charge in [-0.2, -0.15) is 0 Å². The number of nitrogens with one attached hydrogen (secondary N) is 1. The Hall–Kier alpha value is -2.45. The molecule has 2 aromatic heterocycles. The number of piperazine rings is 1. The van der Waals surface area contributed by atoms with Crippen molar-refractivity contribution in [2.45, 2.75) is 31.8 Å². The summed E-state index contributed by atoms with van der Waals surface area (Å²) in [6, 6.07) is 2.26. The molecule has 2 atom stereocenters. The van der Waals surface area contributed by atoms with Crippen molar-refractivity contribution in [2.24, 2.45) is 5.92 Å². The molecule has 6 heterocycles. The van der Waals surface area contributed by atoms with Gasteiger partial charge < -0.3 is 14.6 Å². The normalized spacial score (nSPS) is 30.1. The number of carbonyl (C=O) groups is 2. The van der Waals surface area contributed by atoms with Gasteiger partial charge in [0.25, 0.3) is 5.91 Å². The third kappa shape index (κ3) is 3.20. The second-order valence-electron chi connectivity index (χ2n) is 8.58. The lowest BCUT2D eigenvalue weighted by atomic mass is 9.79. The Bertz CT molecular complexity index is 947. The van der Waals surface area contributed by atoms with Crippen LogP contribution in [0, 0.1) is 5.92 Å². The van der Waals surface area contributed by atoms with E-state index in [0.717, 1.165) is 37.9 Å². The maximum atomic E-state index is 13.0. The summed E-state index contributed by atoms with van der Waals surface area (Å²) in [5, 5.41) is 3.98. The number of hydrogen-bond donors (Lipinski definition) is 1. The second-order valence-corrected chi connectivity index (χ2v) is 8.58. The van der Waals surface area contributed by atoms with Crippen molar-refractivity contribution in [1.29, 1.82) is 0 Å². The number of carbonyl (C=O) groups excluding carboxylic acids is 2. The van der Waals surface area contributed by atoms with E-state index >= 15 is 0 Å². The van der Waals surface area contributed by atoms with Gasteiger partial charge in [0.15, 0.2) is 5.58 Å². The van der Waals surface area contributed by atoms with Crippen molar-refractivity contribution in [1.82, 2.24) is 20.1 Å². The molecule has 0 radical (unpaired) electrons. The van der Waals surface area contributed by atoms with Crippen LogP contribution in [-0.4, -0.2) is 78.5 Å². The van der Waals surface area contributed by atoms with Gasteiger partial charge in [0.2, 0.25) is 5.91 Å². The summed E-state index contributed by atoms with van der Waals surface area (Å²) in [4.78, 5) is 36.0. The number of aromatic nitrogens is 1. The molecule has 1 N–H and O–H groups in total. The summed E-state index contributed by atoms with van der Waals surface area (Å²) in [7, 11) is 1.94. The summed E-state index contributed by atoms with van der Waals surface area (Å²) in [6.45, 7) is 6.22. The van der Waals surface area contributed by atoms with Crippen LogP contribution in [0.2, 0.25) is 0 Å². The first-order valence-electron chi connectivity index (χ1n) is 10.4. The summed E-state index contributed by atoms with van der Waals surface area (Å²) < 4.78 is 5.61. The van der Waals surface area contributed by atoms with Crippen LogP contribution in [0.5, 0.6) is 0 Å². The molecule has 0 aromatic carbocycles. The Morgan fingerprint density at radius 2 is 2.03 bits per heavy atom. The van der Waals surface area contributed by atoms with Crippen LogP contribution >= 0.6 is 0 Å². The molecule has 0 spiro atoms. The first-order chi connectivity index (χ1) is 14.0. The molecule has 8 nitrogen and oxygen atoms in total. The molecule has 8 heteroatoms. The first kappa shape index (κ1) is 18.6. The van der Waals surface area contributed by atoms with Crippen molar-refractivity contribution in [3.63, 3.8) is 0 Å². The van der Waals surface area contributed by atoms with Gasteiger partial charge in [0, 0.05) is 30.6 Å². The van der Waals surface area contributed by atoms with Crippen molar-refractivity contribution >= 4 is 28.5 Å².